The number of unbranched alkanes of at least 4 members (excludes halogenated alkanes) is 3. The summed E-state index contributed by atoms with van der Waals surface area (Å²) >= 11 is 0. The van der Waals surface area contributed by atoms with Crippen LogP contribution in [-0.2, 0) is 4.18 Å². The zero-order valence-electron chi connectivity index (χ0n) is 11.9. The summed E-state index contributed by atoms with van der Waals surface area (Å²) in [4.78, 5) is 0. The second kappa shape index (κ2) is 10.5. The topological polar surface area (TPSA) is 9.23 Å². The molecule has 0 atom stereocenters. The van der Waals surface area contributed by atoms with Gasteiger partial charge in [-0.05, 0) is 43.4 Å². The molecule has 1 nitrogen and oxygen atoms in total. The molecule has 0 aromatic heterocycles. The summed E-state index contributed by atoms with van der Waals surface area (Å²) in [6, 6.07) is 0. The van der Waals surface area contributed by atoms with Crippen molar-refractivity contribution in [2.24, 2.45) is 0 Å². The molecule has 0 aromatic rings. The summed E-state index contributed by atoms with van der Waals surface area (Å²) < 4.78 is 6.22. The van der Waals surface area contributed by atoms with Crippen molar-refractivity contribution in [2.75, 3.05) is 23.9 Å². The van der Waals surface area contributed by atoms with E-state index >= 15 is 0 Å². The van der Waals surface area contributed by atoms with Gasteiger partial charge >= 0.3 is 0 Å². The number of hydrogen-bond acceptors (Lipinski definition) is 1. The van der Waals surface area contributed by atoms with Gasteiger partial charge in [-0.3, -0.25) is 0 Å². The van der Waals surface area contributed by atoms with Gasteiger partial charge in [0.2, 0.25) is 0 Å². The van der Waals surface area contributed by atoms with Gasteiger partial charge in [0, 0.05) is 0 Å². The van der Waals surface area contributed by atoms with Crippen LogP contribution in [0.3, 0.4) is 0 Å². The van der Waals surface area contributed by atoms with Crippen LogP contribution in [0.5, 0.6) is 0 Å². The third-order valence-corrected chi connectivity index (χ3v) is 6.81. The average Bonchev–Trinajstić information content (AvgIpc) is 2.31. The van der Waals surface area contributed by atoms with Crippen LogP contribution in [0, 0.1) is 0 Å². The minimum absolute atomic E-state index is 0.733. The molecule has 0 unspecified atom stereocenters. The Morgan fingerprint density at radius 2 is 1.06 bits per heavy atom. The van der Waals surface area contributed by atoms with Crippen LogP contribution in [0.15, 0.2) is 0 Å². The lowest BCUT2D eigenvalue weighted by atomic mass is 10.4. The minimum atomic E-state index is -0.733. The van der Waals surface area contributed by atoms with Crippen LogP contribution < -0.4 is 0 Å². The molecule has 0 aromatic carbocycles. The fraction of sp³-hybridized carbons (Fsp3) is 1.00. The van der Waals surface area contributed by atoms with E-state index in [1.165, 1.54) is 55.8 Å². The van der Waals surface area contributed by atoms with E-state index in [-0.39, 0.29) is 0 Å². The predicted octanol–water partition coefficient (Wildman–Crippen LogP) is 5.14. The molecule has 0 saturated carbocycles. The lowest BCUT2D eigenvalue weighted by Crippen LogP contribution is -2.17. The molecular formula is C14H32OS. The molecule has 0 radical (unpaired) electrons. The molecule has 0 amide bonds. The first-order chi connectivity index (χ1) is 7.74. The summed E-state index contributed by atoms with van der Waals surface area (Å²) in [6.45, 7) is 9.93. The summed E-state index contributed by atoms with van der Waals surface area (Å²) in [5.74, 6) is 4.03. The van der Waals surface area contributed by atoms with Gasteiger partial charge < -0.3 is 4.18 Å². The highest BCUT2D eigenvalue weighted by atomic mass is 32.3. The van der Waals surface area contributed by atoms with E-state index in [4.69, 9.17) is 4.18 Å². The van der Waals surface area contributed by atoms with E-state index in [2.05, 4.69) is 27.7 Å². The molecule has 0 aliphatic heterocycles. The van der Waals surface area contributed by atoms with Crippen molar-refractivity contribution < 1.29 is 4.18 Å². The van der Waals surface area contributed by atoms with Gasteiger partial charge in [-0.15, -0.1) is 10.3 Å². The molecule has 2 heteroatoms. The molecule has 100 valence electrons. The first-order valence-electron chi connectivity index (χ1n) is 7.15. The quantitative estimate of drug-likeness (QED) is 0.492. The molecule has 0 spiro atoms. The molecule has 0 saturated heterocycles. The maximum Gasteiger partial charge on any atom is 0.0564 e. The average molecular weight is 248 g/mol. The fourth-order valence-corrected chi connectivity index (χ4v) is 5.87. The van der Waals surface area contributed by atoms with Gasteiger partial charge in [-0.1, -0.05) is 40.0 Å². The van der Waals surface area contributed by atoms with Gasteiger partial charge in [0.05, 0.1) is 6.61 Å². The highest BCUT2D eigenvalue weighted by Gasteiger charge is 2.22. The van der Waals surface area contributed by atoms with Crippen LogP contribution >= 0.6 is 10.3 Å². The Labute approximate surface area is 105 Å². The van der Waals surface area contributed by atoms with Crippen LogP contribution in [0.2, 0.25) is 0 Å². The largest absolute Gasteiger partial charge is 0.337 e. The highest BCUT2D eigenvalue weighted by molar-refractivity contribution is 8.29. The standard InChI is InChI=1S/C14H32OS/c1-5-9-12-16(15-8-4,13-10-6-2)14-11-7-3/h5-14H2,1-4H3. The molecule has 16 heavy (non-hydrogen) atoms. The first-order valence-corrected chi connectivity index (χ1v) is 9.22. The molecular weight excluding hydrogens is 216 g/mol. The second-order valence-corrected chi connectivity index (χ2v) is 7.94. The van der Waals surface area contributed by atoms with E-state index in [0.29, 0.717) is 0 Å². The highest BCUT2D eigenvalue weighted by Crippen LogP contribution is 2.51. The summed E-state index contributed by atoms with van der Waals surface area (Å²) in [5.41, 5.74) is 0. The van der Waals surface area contributed by atoms with E-state index in [1.54, 1.807) is 0 Å². The SMILES string of the molecule is CCCCS(CCCC)(CCCC)OCC. The third kappa shape index (κ3) is 6.80. The van der Waals surface area contributed by atoms with Crippen LogP contribution in [0.1, 0.15) is 66.2 Å². The number of rotatable bonds is 11. The Morgan fingerprint density at radius 3 is 1.31 bits per heavy atom. The predicted molar refractivity (Wildman–Crippen MR) is 78.5 cm³/mol. The van der Waals surface area contributed by atoms with Crippen molar-refractivity contribution >= 4 is 10.3 Å². The zero-order valence-corrected chi connectivity index (χ0v) is 12.7. The molecule has 0 aliphatic carbocycles. The number of hydrogen-bond donors (Lipinski definition) is 0. The lowest BCUT2D eigenvalue weighted by Gasteiger charge is -2.40. The molecule has 0 N–H and O–H groups in total. The Bertz CT molecular complexity index is 126. The summed E-state index contributed by atoms with van der Waals surface area (Å²) in [6.07, 6.45) is 7.97. The van der Waals surface area contributed by atoms with Crippen molar-refractivity contribution in [3.05, 3.63) is 0 Å². The molecule has 0 heterocycles. The Morgan fingerprint density at radius 1 is 0.688 bits per heavy atom. The van der Waals surface area contributed by atoms with Crippen molar-refractivity contribution in [2.45, 2.75) is 66.2 Å². The minimum Gasteiger partial charge on any atom is -0.337 e. The molecule has 0 fully saturated rings. The maximum atomic E-state index is 6.22. The maximum absolute atomic E-state index is 6.22. The Balaban J connectivity index is 4.32. The Hall–Kier alpha value is 0.310. The molecule has 0 bridgehead atoms. The summed E-state index contributed by atoms with van der Waals surface area (Å²) in [5, 5.41) is 0. The molecule has 0 aliphatic rings. The van der Waals surface area contributed by atoms with Crippen molar-refractivity contribution in [1.29, 1.82) is 0 Å². The van der Waals surface area contributed by atoms with Crippen molar-refractivity contribution in [3.63, 3.8) is 0 Å². The normalized spacial score (nSPS) is 13.0. The van der Waals surface area contributed by atoms with Gasteiger partial charge in [-0.2, -0.15) is 0 Å². The molecule has 0 rings (SSSR count). The van der Waals surface area contributed by atoms with Gasteiger partial charge in [0.15, 0.2) is 0 Å². The zero-order chi connectivity index (χ0) is 12.3. The monoisotopic (exact) mass is 248 g/mol. The van der Waals surface area contributed by atoms with E-state index in [0.717, 1.165) is 6.61 Å². The first kappa shape index (κ1) is 16.3. The van der Waals surface area contributed by atoms with E-state index < -0.39 is 10.3 Å². The second-order valence-electron chi connectivity index (χ2n) is 4.55. The fourth-order valence-electron chi connectivity index (χ4n) is 1.96. The third-order valence-electron chi connectivity index (χ3n) is 2.98. The smallest absolute Gasteiger partial charge is 0.0564 e. The van der Waals surface area contributed by atoms with Crippen LogP contribution in [-0.4, -0.2) is 23.9 Å². The summed E-state index contributed by atoms with van der Waals surface area (Å²) in [7, 11) is -0.733. The van der Waals surface area contributed by atoms with Gasteiger partial charge in [0.1, 0.15) is 0 Å². The van der Waals surface area contributed by atoms with E-state index in [9.17, 15) is 0 Å². The van der Waals surface area contributed by atoms with E-state index in [1.807, 2.05) is 0 Å². The van der Waals surface area contributed by atoms with Gasteiger partial charge in [-0.25, -0.2) is 0 Å². The van der Waals surface area contributed by atoms with Crippen molar-refractivity contribution in [3.8, 4) is 0 Å². The van der Waals surface area contributed by atoms with Crippen LogP contribution in [0.4, 0.5) is 0 Å². The lowest BCUT2D eigenvalue weighted by molar-refractivity contribution is 0.378. The Kier molecular flexibility index (Phi) is 10.7. The van der Waals surface area contributed by atoms with Gasteiger partial charge in [0.25, 0.3) is 0 Å². The van der Waals surface area contributed by atoms with Crippen molar-refractivity contribution in [1.82, 2.24) is 0 Å². The van der Waals surface area contributed by atoms with Crippen LogP contribution in [0.25, 0.3) is 0 Å².